The number of benzene rings is 1. The lowest BCUT2D eigenvalue weighted by atomic mass is 10.1. The van der Waals surface area contributed by atoms with Crippen molar-refractivity contribution in [3.8, 4) is 0 Å². The summed E-state index contributed by atoms with van der Waals surface area (Å²) in [6.45, 7) is 0.517. The van der Waals surface area contributed by atoms with Gasteiger partial charge in [-0.1, -0.05) is 29.8 Å². The zero-order valence-electron chi connectivity index (χ0n) is 11.7. The summed E-state index contributed by atoms with van der Waals surface area (Å²) in [6.07, 6.45) is 0.491. The molecule has 1 heterocycles. The third-order valence-electron chi connectivity index (χ3n) is 3.12. The van der Waals surface area contributed by atoms with Gasteiger partial charge in [0.1, 0.15) is 0 Å². The Hall–Kier alpha value is -1.65. The monoisotopic (exact) mass is 321 g/mol. The van der Waals surface area contributed by atoms with Crippen LogP contribution in [0.1, 0.15) is 28.1 Å². The predicted molar refractivity (Wildman–Crippen MR) is 85.8 cm³/mol. The number of ketones is 1. The molecule has 1 amide bonds. The van der Waals surface area contributed by atoms with Gasteiger partial charge in [0.05, 0.1) is 4.88 Å². The molecule has 0 spiro atoms. The number of Topliss-reactive ketones (excluding diaryl/α,β-unsaturated/α-hetero) is 1. The van der Waals surface area contributed by atoms with Gasteiger partial charge in [0.25, 0.3) is 0 Å². The summed E-state index contributed by atoms with van der Waals surface area (Å²) in [6, 6.07) is 11.0. The van der Waals surface area contributed by atoms with E-state index in [-0.39, 0.29) is 24.5 Å². The summed E-state index contributed by atoms with van der Waals surface area (Å²) in [4.78, 5) is 26.2. The van der Waals surface area contributed by atoms with Crippen LogP contribution in [0.2, 0.25) is 5.02 Å². The van der Waals surface area contributed by atoms with Gasteiger partial charge in [0.15, 0.2) is 5.78 Å². The molecule has 110 valence electrons. The number of carbonyl (C=O) groups excluding carboxylic acids is 2. The average Bonchev–Trinajstić information content (AvgIpc) is 3.01. The minimum absolute atomic E-state index is 0.0262. The summed E-state index contributed by atoms with van der Waals surface area (Å²) >= 11 is 7.24. The van der Waals surface area contributed by atoms with Gasteiger partial charge in [-0.05, 0) is 29.1 Å². The molecule has 2 aromatic rings. The smallest absolute Gasteiger partial charge is 0.223 e. The second kappa shape index (κ2) is 7.38. The zero-order chi connectivity index (χ0) is 15.2. The highest BCUT2D eigenvalue weighted by Gasteiger charge is 2.13. The quantitative estimate of drug-likeness (QED) is 0.753. The summed E-state index contributed by atoms with van der Waals surface area (Å²) in [5, 5.41) is 2.54. The molecule has 0 N–H and O–H groups in total. The summed E-state index contributed by atoms with van der Waals surface area (Å²) in [5.74, 6) is -0.00639. The maximum Gasteiger partial charge on any atom is 0.223 e. The Morgan fingerprint density at radius 1 is 1.14 bits per heavy atom. The van der Waals surface area contributed by atoms with E-state index in [2.05, 4.69) is 0 Å². The highest BCUT2D eigenvalue weighted by molar-refractivity contribution is 7.12. The van der Waals surface area contributed by atoms with Gasteiger partial charge in [0.2, 0.25) is 5.91 Å². The Morgan fingerprint density at radius 2 is 1.86 bits per heavy atom. The van der Waals surface area contributed by atoms with Gasteiger partial charge in [-0.2, -0.15) is 0 Å². The molecule has 1 aromatic heterocycles. The molecule has 0 radical (unpaired) electrons. The third-order valence-corrected chi connectivity index (χ3v) is 4.28. The first kappa shape index (κ1) is 15.7. The molecule has 21 heavy (non-hydrogen) atoms. The minimum atomic E-state index is -0.0325. The fourth-order valence-electron chi connectivity index (χ4n) is 1.92. The van der Waals surface area contributed by atoms with Crippen molar-refractivity contribution < 1.29 is 9.59 Å². The number of carbonyl (C=O) groups is 2. The van der Waals surface area contributed by atoms with E-state index < -0.39 is 0 Å². The van der Waals surface area contributed by atoms with Crippen LogP contribution < -0.4 is 0 Å². The van der Waals surface area contributed by atoms with Crippen LogP contribution >= 0.6 is 22.9 Å². The molecular formula is C16H16ClNO2S. The van der Waals surface area contributed by atoms with Crippen molar-refractivity contribution in [1.29, 1.82) is 0 Å². The van der Waals surface area contributed by atoms with Crippen molar-refractivity contribution in [1.82, 2.24) is 4.90 Å². The van der Waals surface area contributed by atoms with Crippen LogP contribution in [0.5, 0.6) is 0 Å². The molecular weight excluding hydrogens is 306 g/mol. The second-order valence-electron chi connectivity index (χ2n) is 4.78. The Balaban J connectivity index is 1.82. The molecule has 0 unspecified atom stereocenters. The molecule has 0 bridgehead atoms. The van der Waals surface area contributed by atoms with Crippen LogP contribution in [-0.2, 0) is 11.3 Å². The van der Waals surface area contributed by atoms with Crippen LogP contribution in [0.25, 0.3) is 0 Å². The lowest BCUT2D eigenvalue weighted by molar-refractivity contribution is -0.130. The van der Waals surface area contributed by atoms with Crippen molar-refractivity contribution in [2.24, 2.45) is 0 Å². The van der Waals surface area contributed by atoms with Crippen molar-refractivity contribution >= 4 is 34.6 Å². The highest BCUT2D eigenvalue weighted by Crippen LogP contribution is 2.14. The Morgan fingerprint density at radius 3 is 2.48 bits per heavy atom. The number of hydrogen-bond donors (Lipinski definition) is 0. The number of hydrogen-bond acceptors (Lipinski definition) is 3. The van der Waals surface area contributed by atoms with E-state index in [1.807, 2.05) is 23.6 Å². The number of nitrogens with zero attached hydrogens (tertiary/aromatic N) is 1. The number of rotatable bonds is 6. The maximum atomic E-state index is 12.0. The largest absolute Gasteiger partial charge is 0.341 e. The standard InChI is InChI=1S/C16H16ClNO2S/c1-18(11-12-4-6-13(17)7-5-12)16(20)9-8-14(19)15-3-2-10-21-15/h2-7,10H,8-9,11H2,1H3. The van der Waals surface area contributed by atoms with Crippen molar-refractivity contribution in [2.45, 2.75) is 19.4 Å². The predicted octanol–water partition coefficient (Wildman–Crippen LogP) is 4.02. The molecule has 0 aliphatic rings. The van der Waals surface area contributed by atoms with Gasteiger partial charge in [-0.25, -0.2) is 0 Å². The van der Waals surface area contributed by atoms with E-state index in [1.165, 1.54) is 11.3 Å². The Kier molecular flexibility index (Phi) is 5.53. The summed E-state index contributed by atoms with van der Waals surface area (Å²) < 4.78 is 0. The van der Waals surface area contributed by atoms with E-state index in [0.717, 1.165) is 5.56 Å². The molecule has 0 saturated heterocycles. The SMILES string of the molecule is CN(Cc1ccc(Cl)cc1)C(=O)CCC(=O)c1cccs1. The van der Waals surface area contributed by atoms with Gasteiger partial charge in [-0.15, -0.1) is 11.3 Å². The maximum absolute atomic E-state index is 12.0. The molecule has 0 aliphatic heterocycles. The van der Waals surface area contributed by atoms with E-state index in [0.29, 0.717) is 16.4 Å². The van der Waals surface area contributed by atoms with Crippen LogP contribution in [0.4, 0.5) is 0 Å². The first-order valence-electron chi connectivity index (χ1n) is 6.61. The molecule has 0 saturated carbocycles. The fraction of sp³-hybridized carbons (Fsp3) is 0.250. The zero-order valence-corrected chi connectivity index (χ0v) is 13.3. The van der Waals surface area contributed by atoms with Crippen molar-refractivity contribution in [2.75, 3.05) is 7.05 Å². The molecule has 2 rings (SSSR count). The second-order valence-corrected chi connectivity index (χ2v) is 6.16. The normalized spacial score (nSPS) is 10.4. The first-order valence-corrected chi connectivity index (χ1v) is 7.87. The van der Waals surface area contributed by atoms with Gasteiger partial charge >= 0.3 is 0 Å². The van der Waals surface area contributed by atoms with Gasteiger partial charge in [-0.3, -0.25) is 9.59 Å². The molecule has 3 nitrogen and oxygen atoms in total. The Bertz CT molecular complexity index is 608. The number of halogens is 1. The van der Waals surface area contributed by atoms with Gasteiger partial charge < -0.3 is 4.90 Å². The number of thiophene rings is 1. The average molecular weight is 322 g/mol. The van der Waals surface area contributed by atoms with E-state index >= 15 is 0 Å². The van der Waals surface area contributed by atoms with Crippen LogP contribution in [0.15, 0.2) is 41.8 Å². The summed E-state index contributed by atoms with van der Waals surface area (Å²) in [5.41, 5.74) is 1.01. The van der Waals surface area contributed by atoms with E-state index in [9.17, 15) is 9.59 Å². The number of amides is 1. The Labute approximate surface area is 133 Å². The topological polar surface area (TPSA) is 37.4 Å². The van der Waals surface area contributed by atoms with Crippen LogP contribution in [-0.4, -0.2) is 23.6 Å². The van der Waals surface area contributed by atoms with Crippen molar-refractivity contribution in [3.63, 3.8) is 0 Å². The fourth-order valence-corrected chi connectivity index (χ4v) is 2.74. The van der Waals surface area contributed by atoms with Gasteiger partial charge in [0, 0.05) is 31.5 Å². The first-order chi connectivity index (χ1) is 10.1. The molecule has 1 aromatic carbocycles. The van der Waals surface area contributed by atoms with E-state index in [1.54, 1.807) is 30.1 Å². The lowest BCUT2D eigenvalue weighted by Crippen LogP contribution is -2.26. The molecule has 0 fully saturated rings. The minimum Gasteiger partial charge on any atom is -0.341 e. The molecule has 5 heteroatoms. The van der Waals surface area contributed by atoms with Crippen molar-refractivity contribution in [3.05, 3.63) is 57.2 Å². The molecule has 0 atom stereocenters. The van der Waals surface area contributed by atoms with Crippen LogP contribution in [0.3, 0.4) is 0 Å². The molecule has 0 aliphatic carbocycles. The lowest BCUT2D eigenvalue weighted by Gasteiger charge is -2.17. The van der Waals surface area contributed by atoms with Crippen LogP contribution in [0, 0.1) is 0 Å². The third kappa shape index (κ3) is 4.69. The van der Waals surface area contributed by atoms with E-state index in [4.69, 9.17) is 11.6 Å². The summed E-state index contributed by atoms with van der Waals surface area (Å²) in [7, 11) is 1.74. The highest BCUT2D eigenvalue weighted by atomic mass is 35.5.